The maximum Gasteiger partial charge on any atom is 0.267 e. The number of hydrogen-bond acceptors (Lipinski definition) is 5. The van der Waals surface area contributed by atoms with Crippen LogP contribution in [0.15, 0.2) is 50.8 Å². The van der Waals surface area contributed by atoms with Crippen molar-refractivity contribution in [3.63, 3.8) is 0 Å². The summed E-state index contributed by atoms with van der Waals surface area (Å²) < 4.78 is 26.3. The zero-order valence-electron chi connectivity index (χ0n) is 22.5. The zero-order valence-corrected chi connectivity index (χ0v) is 24.9. The molecule has 3 fully saturated rings. The molecule has 2 aromatic rings. The molecule has 2 aromatic carbocycles. The normalized spacial score (nSPS) is 21.2. The fourth-order valence-electron chi connectivity index (χ4n) is 5.58. The van der Waals surface area contributed by atoms with Gasteiger partial charge in [0.2, 0.25) is 0 Å². The Labute approximate surface area is 243 Å². The molecule has 1 amide bonds. The number of carbonyl (C=O) groups is 1. The number of hydrogen-bond donors (Lipinski definition) is 0. The Morgan fingerprint density at radius 2 is 1.74 bits per heavy atom. The molecule has 0 spiro atoms. The Morgan fingerprint density at radius 1 is 1.03 bits per heavy atom. The summed E-state index contributed by atoms with van der Waals surface area (Å²) in [6.45, 7) is 2.61. The van der Waals surface area contributed by atoms with Crippen LogP contribution in [0.2, 0.25) is 0 Å². The Hall–Kier alpha value is -2.32. The van der Waals surface area contributed by atoms with Gasteiger partial charge in [0.1, 0.15) is 12.4 Å². The monoisotopic (exact) mass is 614 g/mol. The molecular formula is C31H36BrFN2O3S. The van der Waals surface area contributed by atoms with E-state index in [0.29, 0.717) is 29.1 Å². The minimum Gasteiger partial charge on any atom is -0.490 e. The fraction of sp³-hybridized carbons (Fsp3) is 0.484. The quantitative estimate of drug-likeness (QED) is 0.280. The maximum atomic E-state index is 13.8. The second-order valence-corrected chi connectivity index (χ2v) is 12.3. The smallest absolute Gasteiger partial charge is 0.267 e. The lowest BCUT2D eigenvalue weighted by Gasteiger charge is -2.31. The number of thioether (sulfide) groups is 1. The van der Waals surface area contributed by atoms with E-state index in [1.807, 2.05) is 36.1 Å². The van der Waals surface area contributed by atoms with Crippen LogP contribution in [-0.2, 0) is 11.4 Å². The van der Waals surface area contributed by atoms with E-state index in [4.69, 9.17) is 14.5 Å². The average molecular weight is 616 g/mol. The average Bonchev–Trinajstić information content (AvgIpc) is 3.24. The van der Waals surface area contributed by atoms with E-state index >= 15 is 0 Å². The fourth-order valence-corrected chi connectivity index (χ4v) is 7.11. The van der Waals surface area contributed by atoms with Crippen molar-refractivity contribution in [3.8, 4) is 11.5 Å². The van der Waals surface area contributed by atoms with Crippen LogP contribution in [0.25, 0.3) is 6.08 Å². The lowest BCUT2D eigenvalue weighted by atomic mass is 9.94. The van der Waals surface area contributed by atoms with Crippen LogP contribution >= 0.6 is 27.7 Å². The second kappa shape index (κ2) is 13.4. The number of nitrogens with zero attached hydrogens (tertiary/aromatic N) is 2. The number of amides is 1. The molecule has 1 saturated heterocycles. The molecule has 5 rings (SSSR count). The lowest BCUT2D eigenvalue weighted by Crippen LogP contribution is -2.41. The van der Waals surface area contributed by atoms with Crippen LogP contribution in [0.3, 0.4) is 0 Å². The number of ether oxygens (including phenoxy) is 2. The van der Waals surface area contributed by atoms with Crippen molar-refractivity contribution < 1.29 is 18.7 Å². The van der Waals surface area contributed by atoms with Crippen LogP contribution in [0.1, 0.15) is 82.3 Å². The van der Waals surface area contributed by atoms with Gasteiger partial charge in [-0.15, -0.1) is 0 Å². The van der Waals surface area contributed by atoms with E-state index in [1.54, 1.807) is 6.07 Å². The molecule has 1 heterocycles. The highest BCUT2D eigenvalue weighted by atomic mass is 79.9. The van der Waals surface area contributed by atoms with Gasteiger partial charge < -0.3 is 9.47 Å². The van der Waals surface area contributed by atoms with Crippen LogP contribution < -0.4 is 9.47 Å². The van der Waals surface area contributed by atoms with E-state index in [9.17, 15) is 9.18 Å². The first-order valence-corrected chi connectivity index (χ1v) is 15.8. The van der Waals surface area contributed by atoms with E-state index < -0.39 is 0 Å². The number of aliphatic imine (C=N–C) groups is 1. The summed E-state index contributed by atoms with van der Waals surface area (Å²) in [5, 5.41) is 0.876. The third-order valence-corrected chi connectivity index (χ3v) is 9.26. The molecular weight excluding hydrogens is 579 g/mol. The van der Waals surface area contributed by atoms with E-state index in [-0.39, 0.29) is 24.4 Å². The van der Waals surface area contributed by atoms with Crippen molar-refractivity contribution in [1.82, 2.24) is 4.90 Å². The van der Waals surface area contributed by atoms with E-state index in [0.717, 1.165) is 59.3 Å². The van der Waals surface area contributed by atoms with Gasteiger partial charge in [0.25, 0.3) is 5.91 Å². The summed E-state index contributed by atoms with van der Waals surface area (Å²) in [4.78, 5) is 21.6. The zero-order chi connectivity index (χ0) is 27.2. The Kier molecular flexibility index (Phi) is 9.66. The molecule has 39 heavy (non-hydrogen) atoms. The molecule has 2 aliphatic carbocycles. The van der Waals surface area contributed by atoms with Gasteiger partial charge in [0, 0.05) is 10.5 Å². The topological polar surface area (TPSA) is 51.1 Å². The van der Waals surface area contributed by atoms with Crippen molar-refractivity contribution in [2.24, 2.45) is 4.99 Å². The first-order valence-electron chi connectivity index (χ1n) is 14.2. The highest BCUT2D eigenvalue weighted by molar-refractivity contribution is 9.10. The van der Waals surface area contributed by atoms with Crippen LogP contribution in [-0.4, -0.2) is 34.7 Å². The first-order chi connectivity index (χ1) is 19.0. The summed E-state index contributed by atoms with van der Waals surface area (Å²) in [6.07, 6.45) is 13.5. The molecule has 0 atom stereocenters. The SMILES string of the molecule is CCOc1cc(C=C2SC(=NC3CCCCC3)N(C3CCCCC3)C2=O)c(Br)cc1OCc1cccc(F)c1. The molecule has 0 radical (unpaired) electrons. The Bertz CT molecular complexity index is 1240. The molecule has 0 aromatic heterocycles. The number of benzene rings is 2. The minimum atomic E-state index is -0.295. The minimum absolute atomic E-state index is 0.0535. The summed E-state index contributed by atoms with van der Waals surface area (Å²) in [6, 6.07) is 10.7. The van der Waals surface area contributed by atoms with Crippen molar-refractivity contribution >= 4 is 44.8 Å². The molecule has 1 aliphatic heterocycles. The van der Waals surface area contributed by atoms with Crippen molar-refractivity contribution in [3.05, 3.63) is 62.7 Å². The second-order valence-electron chi connectivity index (χ2n) is 10.5. The molecule has 0 unspecified atom stereocenters. The number of carbonyl (C=O) groups excluding carboxylic acids is 1. The Morgan fingerprint density at radius 3 is 2.46 bits per heavy atom. The van der Waals surface area contributed by atoms with Gasteiger partial charge in [0.05, 0.1) is 17.6 Å². The van der Waals surface area contributed by atoms with Crippen LogP contribution in [0.4, 0.5) is 4.39 Å². The maximum absolute atomic E-state index is 13.8. The third-order valence-electron chi connectivity index (χ3n) is 7.58. The standard InChI is InChI=1S/C31H36BrFN2O3S/c1-2-37-27-17-22(26(32)19-28(27)38-20-21-10-9-11-23(33)16-21)18-29-30(36)35(25-14-7-4-8-15-25)31(39-29)34-24-12-5-3-6-13-24/h9-11,16-19,24-25H,2-8,12-15,20H2,1H3. The third kappa shape index (κ3) is 7.07. The van der Waals surface area contributed by atoms with Gasteiger partial charge in [-0.2, -0.15) is 0 Å². The van der Waals surface area contributed by atoms with Crippen LogP contribution in [0.5, 0.6) is 11.5 Å². The molecule has 0 bridgehead atoms. The highest BCUT2D eigenvalue weighted by Gasteiger charge is 2.39. The van der Waals surface area contributed by atoms with Crippen LogP contribution in [0, 0.1) is 5.82 Å². The number of halogens is 2. The number of amidine groups is 1. The molecule has 2 saturated carbocycles. The lowest BCUT2D eigenvalue weighted by molar-refractivity contribution is -0.124. The van der Waals surface area contributed by atoms with Gasteiger partial charge in [-0.3, -0.25) is 14.7 Å². The number of rotatable bonds is 8. The predicted molar refractivity (Wildman–Crippen MR) is 160 cm³/mol. The van der Waals surface area contributed by atoms with Crippen molar-refractivity contribution in [2.45, 2.75) is 89.8 Å². The van der Waals surface area contributed by atoms with Crippen molar-refractivity contribution in [2.75, 3.05) is 6.61 Å². The summed E-state index contributed by atoms with van der Waals surface area (Å²) in [5.41, 5.74) is 1.58. The van der Waals surface area contributed by atoms with Gasteiger partial charge >= 0.3 is 0 Å². The Balaban J connectivity index is 1.41. The summed E-state index contributed by atoms with van der Waals surface area (Å²) in [5.74, 6) is 0.901. The molecule has 3 aliphatic rings. The summed E-state index contributed by atoms with van der Waals surface area (Å²) >= 11 is 5.19. The largest absolute Gasteiger partial charge is 0.490 e. The van der Waals surface area contributed by atoms with E-state index in [2.05, 4.69) is 15.9 Å². The van der Waals surface area contributed by atoms with Gasteiger partial charge in [-0.25, -0.2) is 4.39 Å². The molecule has 0 N–H and O–H groups in total. The van der Waals surface area contributed by atoms with Gasteiger partial charge in [-0.1, -0.05) is 66.6 Å². The van der Waals surface area contributed by atoms with Gasteiger partial charge in [0.15, 0.2) is 16.7 Å². The summed E-state index contributed by atoms with van der Waals surface area (Å²) in [7, 11) is 0. The van der Waals surface area contributed by atoms with Gasteiger partial charge in [-0.05, 0) is 85.8 Å². The predicted octanol–water partition coefficient (Wildman–Crippen LogP) is 8.50. The molecule has 5 nitrogen and oxygen atoms in total. The van der Waals surface area contributed by atoms with E-state index in [1.165, 1.54) is 49.6 Å². The first kappa shape index (κ1) is 28.2. The molecule has 208 valence electrons. The van der Waals surface area contributed by atoms with Crippen molar-refractivity contribution in [1.29, 1.82) is 0 Å². The highest BCUT2D eigenvalue weighted by Crippen LogP contribution is 2.41. The molecule has 8 heteroatoms.